The number of anilines is 1. The molecule has 0 radical (unpaired) electrons. The predicted octanol–water partition coefficient (Wildman–Crippen LogP) is 2.38. The number of carbonyl (C=O) groups is 1. The summed E-state index contributed by atoms with van der Waals surface area (Å²) in [5, 5.41) is 5.90. The number of aromatic nitrogens is 2. The molecule has 0 saturated carbocycles. The summed E-state index contributed by atoms with van der Waals surface area (Å²) in [5.41, 5.74) is 0.967. The first-order valence-corrected chi connectivity index (χ1v) is 7.67. The van der Waals surface area contributed by atoms with E-state index in [9.17, 15) is 4.79 Å². The average Bonchev–Trinajstić information content (AvgIpc) is 2.54. The standard InChI is InChI=1S/C17H22N4O2/c1-13(2)23-15-7-4-3-6-14(15)12-21-16(22)8-11-20-17-18-9-5-10-19-17/h3-7,9-10,13H,8,11-12H2,1-2H3,(H,21,22)(H,18,19,20). The second kappa shape index (κ2) is 8.73. The summed E-state index contributed by atoms with van der Waals surface area (Å²) in [6.07, 6.45) is 3.76. The Bertz CT molecular complexity index is 617. The van der Waals surface area contributed by atoms with Gasteiger partial charge in [0, 0.05) is 37.5 Å². The van der Waals surface area contributed by atoms with Crippen LogP contribution in [0.25, 0.3) is 0 Å². The van der Waals surface area contributed by atoms with Gasteiger partial charge in [-0.05, 0) is 26.0 Å². The molecular formula is C17H22N4O2. The Balaban J connectivity index is 1.76. The lowest BCUT2D eigenvalue weighted by atomic mass is 10.2. The summed E-state index contributed by atoms with van der Waals surface area (Å²) in [5.74, 6) is 1.29. The fourth-order valence-electron chi connectivity index (χ4n) is 1.98. The van der Waals surface area contributed by atoms with Crippen molar-refractivity contribution >= 4 is 11.9 Å². The van der Waals surface area contributed by atoms with Crippen LogP contribution in [0, 0.1) is 0 Å². The van der Waals surface area contributed by atoms with Gasteiger partial charge in [0.2, 0.25) is 11.9 Å². The molecule has 0 aliphatic carbocycles. The molecule has 0 saturated heterocycles. The van der Waals surface area contributed by atoms with Crippen molar-refractivity contribution in [2.24, 2.45) is 0 Å². The Hall–Kier alpha value is -2.63. The van der Waals surface area contributed by atoms with Crippen LogP contribution in [0.15, 0.2) is 42.7 Å². The zero-order valence-electron chi connectivity index (χ0n) is 13.5. The van der Waals surface area contributed by atoms with Crippen molar-refractivity contribution in [1.29, 1.82) is 0 Å². The molecule has 122 valence electrons. The first-order valence-electron chi connectivity index (χ1n) is 7.67. The molecular weight excluding hydrogens is 292 g/mol. The van der Waals surface area contributed by atoms with Gasteiger partial charge in [0.25, 0.3) is 0 Å². The van der Waals surface area contributed by atoms with Gasteiger partial charge in [-0.15, -0.1) is 0 Å². The summed E-state index contributed by atoms with van der Waals surface area (Å²) >= 11 is 0. The lowest BCUT2D eigenvalue weighted by Crippen LogP contribution is -2.25. The first-order chi connectivity index (χ1) is 11.1. The van der Waals surface area contributed by atoms with Crippen molar-refractivity contribution in [3.63, 3.8) is 0 Å². The highest BCUT2D eigenvalue weighted by molar-refractivity contribution is 5.76. The normalized spacial score (nSPS) is 10.4. The molecule has 2 aromatic rings. The van der Waals surface area contributed by atoms with E-state index in [1.807, 2.05) is 38.1 Å². The zero-order chi connectivity index (χ0) is 16.5. The lowest BCUT2D eigenvalue weighted by molar-refractivity contribution is -0.121. The van der Waals surface area contributed by atoms with E-state index in [0.29, 0.717) is 25.5 Å². The van der Waals surface area contributed by atoms with Gasteiger partial charge in [0.05, 0.1) is 6.10 Å². The van der Waals surface area contributed by atoms with Gasteiger partial charge < -0.3 is 15.4 Å². The molecule has 1 heterocycles. The molecule has 2 N–H and O–H groups in total. The third-order valence-corrected chi connectivity index (χ3v) is 3.01. The van der Waals surface area contributed by atoms with Crippen molar-refractivity contribution < 1.29 is 9.53 Å². The van der Waals surface area contributed by atoms with Crippen LogP contribution in [-0.4, -0.2) is 28.5 Å². The number of rotatable bonds is 8. The number of hydrogen-bond donors (Lipinski definition) is 2. The highest BCUT2D eigenvalue weighted by Crippen LogP contribution is 2.19. The van der Waals surface area contributed by atoms with Gasteiger partial charge in [0.1, 0.15) is 5.75 Å². The van der Waals surface area contributed by atoms with E-state index in [1.165, 1.54) is 0 Å². The number of carbonyl (C=O) groups excluding carboxylic acids is 1. The summed E-state index contributed by atoms with van der Waals surface area (Å²) in [7, 11) is 0. The maximum Gasteiger partial charge on any atom is 0.222 e. The quantitative estimate of drug-likeness (QED) is 0.782. The Kier molecular flexibility index (Phi) is 6.35. The fraction of sp³-hybridized carbons (Fsp3) is 0.353. The van der Waals surface area contributed by atoms with Crippen LogP contribution in [0.2, 0.25) is 0 Å². The Morgan fingerprint density at radius 3 is 2.65 bits per heavy atom. The maximum atomic E-state index is 11.9. The number of amides is 1. The number of nitrogens with one attached hydrogen (secondary N) is 2. The molecule has 2 rings (SSSR count). The Labute approximate surface area is 136 Å². The van der Waals surface area contributed by atoms with Crippen molar-refractivity contribution in [2.75, 3.05) is 11.9 Å². The predicted molar refractivity (Wildman–Crippen MR) is 89.2 cm³/mol. The summed E-state index contributed by atoms with van der Waals surface area (Å²) in [4.78, 5) is 20.0. The van der Waals surface area contributed by atoms with Crippen LogP contribution in [0.5, 0.6) is 5.75 Å². The minimum atomic E-state index is -0.0345. The van der Waals surface area contributed by atoms with Gasteiger partial charge >= 0.3 is 0 Å². The number of hydrogen-bond acceptors (Lipinski definition) is 5. The Morgan fingerprint density at radius 2 is 1.91 bits per heavy atom. The van der Waals surface area contributed by atoms with E-state index in [0.717, 1.165) is 11.3 Å². The van der Waals surface area contributed by atoms with Crippen LogP contribution < -0.4 is 15.4 Å². The van der Waals surface area contributed by atoms with Gasteiger partial charge in [-0.3, -0.25) is 4.79 Å². The maximum absolute atomic E-state index is 11.9. The minimum absolute atomic E-state index is 0.0345. The molecule has 0 aliphatic heterocycles. The van der Waals surface area contributed by atoms with E-state index in [4.69, 9.17) is 4.74 Å². The lowest BCUT2D eigenvalue weighted by Gasteiger charge is -2.14. The smallest absolute Gasteiger partial charge is 0.222 e. The summed E-state index contributed by atoms with van der Waals surface area (Å²) in [6, 6.07) is 9.47. The SMILES string of the molecule is CC(C)Oc1ccccc1CNC(=O)CCNc1ncccn1. The third-order valence-electron chi connectivity index (χ3n) is 3.01. The van der Waals surface area contributed by atoms with Crippen LogP contribution in [0.1, 0.15) is 25.8 Å². The summed E-state index contributed by atoms with van der Waals surface area (Å²) < 4.78 is 5.74. The van der Waals surface area contributed by atoms with Gasteiger partial charge in [-0.25, -0.2) is 9.97 Å². The van der Waals surface area contributed by atoms with Gasteiger partial charge in [-0.1, -0.05) is 18.2 Å². The van der Waals surface area contributed by atoms with E-state index >= 15 is 0 Å². The Morgan fingerprint density at radius 1 is 1.17 bits per heavy atom. The fourth-order valence-corrected chi connectivity index (χ4v) is 1.98. The van der Waals surface area contributed by atoms with Crippen molar-refractivity contribution in [2.45, 2.75) is 32.9 Å². The molecule has 0 unspecified atom stereocenters. The highest BCUT2D eigenvalue weighted by Gasteiger charge is 2.07. The van der Waals surface area contributed by atoms with Crippen molar-refractivity contribution in [3.05, 3.63) is 48.3 Å². The van der Waals surface area contributed by atoms with Crippen LogP contribution >= 0.6 is 0 Å². The first kappa shape index (κ1) is 16.7. The monoisotopic (exact) mass is 314 g/mol. The van der Waals surface area contributed by atoms with Gasteiger partial charge in [0.15, 0.2) is 0 Å². The van der Waals surface area contributed by atoms with Crippen LogP contribution in [0.3, 0.4) is 0 Å². The minimum Gasteiger partial charge on any atom is -0.491 e. The molecule has 23 heavy (non-hydrogen) atoms. The largest absolute Gasteiger partial charge is 0.491 e. The molecule has 0 spiro atoms. The second-order valence-electron chi connectivity index (χ2n) is 5.30. The molecule has 0 atom stereocenters. The molecule has 0 bridgehead atoms. The second-order valence-corrected chi connectivity index (χ2v) is 5.30. The topological polar surface area (TPSA) is 76.1 Å². The van der Waals surface area contributed by atoms with E-state index in [2.05, 4.69) is 20.6 Å². The van der Waals surface area contributed by atoms with E-state index in [1.54, 1.807) is 18.5 Å². The number of nitrogens with zero attached hydrogens (tertiary/aromatic N) is 2. The van der Waals surface area contributed by atoms with Crippen molar-refractivity contribution in [3.8, 4) is 5.75 Å². The molecule has 1 amide bonds. The van der Waals surface area contributed by atoms with Crippen LogP contribution in [0.4, 0.5) is 5.95 Å². The molecule has 6 nitrogen and oxygen atoms in total. The number of benzene rings is 1. The molecule has 6 heteroatoms. The van der Waals surface area contributed by atoms with E-state index < -0.39 is 0 Å². The number of ether oxygens (including phenoxy) is 1. The molecule has 1 aromatic carbocycles. The van der Waals surface area contributed by atoms with Crippen molar-refractivity contribution in [1.82, 2.24) is 15.3 Å². The average molecular weight is 314 g/mol. The van der Waals surface area contributed by atoms with E-state index in [-0.39, 0.29) is 12.0 Å². The number of para-hydroxylation sites is 1. The molecule has 1 aromatic heterocycles. The van der Waals surface area contributed by atoms with Gasteiger partial charge in [-0.2, -0.15) is 0 Å². The molecule has 0 aliphatic rings. The van der Waals surface area contributed by atoms with Crippen LogP contribution in [-0.2, 0) is 11.3 Å². The highest BCUT2D eigenvalue weighted by atomic mass is 16.5. The zero-order valence-corrected chi connectivity index (χ0v) is 13.5. The third kappa shape index (κ3) is 5.94. The molecule has 0 fully saturated rings. The summed E-state index contributed by atoms with van der Waals surface area (Å²) in [6.45, 7) is 4.89.